The fourth-order valence-electron chi connectivity index (χ4n) is 2.00. The van der Waals surface area contributed by atoms with Crippen LogP contribution in [-0.4, -0.2) is 10.2 Å². The summed E-state index contributed by atoms with van der Waals surface area (Å²) in [6, 6.07) is 13.3. The molecule has 0 fully saturated rings. The lowest BCUT2D eigenvalue weighted by Gasteiger charge is -2.07. The Kier molecular flexibility index (Phi) is 3.24. The van der Waals surface area contributed by atoms with Gasteiger partial charge in [0, 0.05) is 19.9 Å². The number of nitrogens with one attached hydrogen (secondary N) is 1. The molecule has 0 unspecified atom stereocenters. The van der Waals surface area contributed by atoms with E-state index in [4.69, 9.17) is 0 Å². The Hall–Kier alpha value is -1.46. The lowest BCUT2D eigenvalue weighted by molar-refractivity contribution is 1.02. The van der Waals surface area contributed by atoms with E-state index in [1.807, 2.05) is 36.4 Å². The zero-order valence-electron chi connectivity index (χ0n) is 9.65. The third-order valence-corrected chi connectivity index (χ3v) is 4.06. The van der Waals surface area contributed by atoms with Gasteiger partial charge in [0.15, 0.2) is 0 Å². The molecule has 0 saturated carbocycles. The van der Waals surface area contributed by atoms with E-state index in [9.17, 15) is 4.79 Å². The molecule has 1 heterocycles. The topological polar surface area (TPSA) is 45.8 Å². The quantitative estimate of drug-likeness (QED) is 0.691. The largest absolute Gasteiger partial charge is 0.272 e. The van der Waals surface area contributed by atoms with Crippen molar-refractivity contribution in [3.8, 4) is 11.3 Å². The molecule has 0 amide bonds. The van der Waals surface area contributed by atoms with Gasteiger partial charge >= 0.3 is 0 Å². The first kappa shape index (κ1) is 12.6. The van der Waals surface area contributed by atoms with Crippen LogP contribution in [0.2, 0.25) is 0 Å². The van der Waals surface area contributed by atoms with E-state index in [2.05, 4.69) is 42.1 Å². The van der Waals surface area contributed by atoms with Crippen LogP contribution in [0.4, 0.5) is 0 Å². The van der Waals surface area contributed by atoms with Crippen molar-refractivity contribution in [2.45, 2.75) is 0 Å². The maximum atomic E-state index is 11.8. The van der Waals surface area contributed by atoms with Crippen molar-refractivity contribution < 1.29 is 0 Å². The highest BCUT2D eigenvalue weighted by molar-refractivity contribution is 9.11. The number of fused-ring (bicyclic) bond motifs is 1. The fourth-order valence-corrected chi connectivity index (χ4v) is 2.79. The number of rotatable bonds is 1. The Labute approximate surface area is 125 Å². The molecule has 0 spiro atoms. The van der Waals surface area contributed by atoms with E-state index in [1.54, 1.807) is 6.07 Å². The van der Waals surface area contributed by atoms with Crippen LogP contribution in [0, 0.1) is 0 Å². The number of halogens is 2. The van der Waals surface area contributed by atoms with Crippen LogP contribution >= 0.6 is 31.9 Å². The average Bonchev–Trinajstić information content (AvgIpc) is 2.43. The molecular formula is C14H8Br2N2O. The molecule has 19 heavy (non-hydrogen) atoms. The van der Waals surface area contributed by atoms with E-state index >= 15 is 0 Å². The van der Waals surface area contributed by atoms with E-state index < -0.39 is 0 Å². The maximum Gasteiger partial charge on any atom is 0.272 e. The number of nitrogens with zero attached hydrogens (tertiary/aromatic N) is 1. The van der Waals surface area contributed by atoms with Crippen molar-refractivity contribution in [2.75, 3.05) is 0 Å². The predicted molar refractivity (Wildman–Crippen MR) is 83.2 cm³/mol. The van der Waals surface area contributed by atoms with E-state index in [-0.39, 0.29) is 5.56 Å². The number of hydrogen-bond acceptors (Lipinski definition) is 2. The minimum Gasteiger partial charge on any atom is -0.267 e. The fraction of sp³-hybridized carbons (Fsp3) is 0. The van der Waals surface area contributed by atoms with Gasteiger partial charge in [-0.15, -0.1) is 0 Å². The molecule has 3 nitrogen and oxygen atoms in total. The minimum absolute atomic E-state index is 0.175. The van der Waals surface area contributed by atoms with Crippen molar-refractivity contribution in [2.24, 2.45) is 0 Å². The van der Waals surface area contributed by atoms with Crippen LogP contribution in [0.5, 0.6) is 0 Å². The molecule has 1 aromatic heterocycles. The number of aromatic amines is 1. The summed E-state index contributed by atoms with van der Waals surface area (Å²) in [5.74, 6) is 0. The van der Waals surface area contributed by atoms with Crippen LogP contribution in [-0.2, 0) is 0 Å². The zero-order chi connectivity index (χ0) is 13.4. The highest BCUT2D eigenvalue weighted by atomic mass is 79.9. The molecule has 0 radical (unpaired) electrons. The van der Waals surface area contributed by atoms with Crippen LogP contribution in [0.15, 0.2) is 56.2 Å². The second-order valence-corrected chi connectivity index (χ2v) is 5.84. The van der Waals surface area contributed by atoms with Crippen molar-refractivity contribution in [1.29, 1.82) is 0 Å². The summed E-state index contributed by atoms with van der Waals surface area (Å²) in [6.45, 7) is 0. The van der Waals surface area contributed by atoms with Gasteiger partial charge in [-0.1, -0.05) is 50.1 Å². The van der Waals surface area contributed by atoms with Crippen molar-refractivity contribution >= 4 is 42.6 Å². The van der Waals surface area contributed by atoms with Gasteiger partial charge in [0.2, 0.25) is 0 Å². The first-order valence-corrected chi connectivity index (χ1v) is 7.18. The predicted octanol–water partition coefficient (Wildman–Crippen LogP) is 4.12. The van der Waals surface area contributed by atoms with Crippen LogP contribution in [0.25, 0.3) is 22.0 Å². The van der Waals surface area contributed by atoms with Crippen LogP contribution < -0.4 is 5.56 Å². The lowest BCUT2D eigenvalue weighted by Crippen LogP contribution is -2.09. The van der Waals surface area contributed by atoms with Gasteiger partial charge in [0.25, 0.3) is 5.56 Å². The Morgan fingerprint density at radius 3 is 2.53 bits per heavy atom. The van der Waals surface area contributed by atoms with Crippen molar-refractivity contribution in [3.05, 3.63) is 61.8 Å². The molecule has 3 rings (SSSR count). The number of H-pyrrole nitrogens is 1. The van der Waals surface area contributed by atoms with Gasteiger partial charge in [-0.3, -0.25) is 4.79 Å². The Morgan fingerprint density at radius 2 is 1.74 bits per heavy atom. The molecule has 0 saturated heterocycles. The third-order valence-electron chi connectivity index (χ3n) is 2.88. The summed E-state index contributed by atoms with van der Waals surface area (Å²) in [6.07, 6.45) is 0. The molecule has 2 aromatic carbocycles. The van der Waals surface area contributed by atoms with E-state index in [0.717, 1.165) is 25.6 Å². The Balaban J connectivity index is 2.41. The minimum atomic E-state index is -0.175. The second-order valence-electron chi connectivity index (χ2n) is 4.07. The van der Waals surface area contributed by atoms with Gasteiger partial charge < -0.3 is 0 Å². The standard InChI is InChI=1S/C14H8Br2N2O/c15-8-5-6-12(16)11(7-8)13-9-3-1-2-4-10(9)14(19)18-17-13/h1-7H,(H,18,19). The normalized spacial score (nSPS) is 10.8. The number of aromatic nitrogens is 2. The molecule has 1 N–H and O–H groups in total. The highest BCUT2D eigenvalue weighted by Crippen LogP contribution is 2.32. The molecule has 0 atom stereocenters. The first-order valence-electron chi connectivity index (χ1n) is 5.59. The lowest BCUT2D eigenvalue weighted by atomic mass is 10.1. The molecular weight excluding hydrogens is 372 g/mol. The summed E-state index contributed by atoms with van der Waals surface area (Å²) in [5.41, 5.74) is 1.51. The van der Waals surface area contributed by atoms with Gasteiger partial charge in [-0.2, -0.15) is 5.10 Å². The van der Waals surface area contributed by atoms with Crippen molar-refractivity contribution in [1.82, 2.24) is 10.2 Å². The molecule has 0 aliphatic rings. The molecule has 0 bridgehead atoms. The Bertz CT molecular complexity index is 827. The molecule has 5 heteroatoms. The summed E-state index contributed by atoms with van der Waals surface area (Å²) >= 11 is 6.97. The van der Waals surface area contributed by atoms with Gasteiger partial charge in [-0.05, 0) is 24.3 Å². The smallest absolute Gasteiger partial charge is 0.267 e. The van der Waals surface area contributed by atoms with E-state index in [1.165, 1.54) is 0 Å². The third kappa shape index (κ3) is 2.24. The number of hydrogen-bond donors (Lipinski definition) is 1. The van der Waals surface area contributed by atoms with Crippen LogP contribution in [0.1, 0.15) is 0 Å². The first-order chi connectivity index (χ1) is 9.16. The monoisotopic (exact) mass is 378 g/mol. The number of benzene rings is 2. The van der Waals surface area contributed by atoms with Gasteiger partial charge in [0.1, 0.15) is 0 Å². The average molecular weight is 380 g/mol. The van der Waals surface area contributed by atoms with Gasteiger partial charge in [0.05, 0.1) is 11.1 Å². The summed E-state index contributed by atoms with van der Waals surface area (Å²) in [4.78, 5) is 11.8. The molecule has 0 aliphatic heterocycles. The Morgan fingerprint density at radius 1 is 1.00 bits per heavy atom. The van der Waals surface area contributed by atoms with Crippen LogP contribution in [0.3, 0.4) is 0 Å². The summed E-state index contributed by atoms with van der Waals surface area (Å²) in [5, 5.41) is 8.21. The zero-order valence-corrected chi connectivity index (χ0v) is 12.8. The highest BCUT2D eigenvalue weighted by Gasteiger charge is 2.11. The molecule has 94 valence electrons. The second kappa shape index (κ2) is 4.90. The SMILES string of the molecule is O=c1[nH]nc(-c2cc(Br)ccc2Br)c2ccccc12. The maximum absolute atomic E-state index is 11.8. The van der Waals surface area contributed by atoms with Crippen molar-refractivity contribution in [3.63, 3.8) is 0 Å². The summed E-state index contributed by atoms with van der Waals surface area (Å²) < 4.78 is 1.89. The van der Waals surface area contributed by atoms with Gasteiger partial charge in [-0.25, -0.2) is 5.10 Å². The van der Waals surface area contributed by atoms with E-state index in [0.29, 0.717) is 5.39 Å². The molecule has 3 aromatic rings. The molecule has 0 aliphatic carbocycles. The summed E-state index contributed by atoms with van der Waals surface area (Å²) in [7, 11) is 0.